The van der Waals surface area contributed by atoms with Crippen LogP contribution in [0.25, 0.3) is 0 Å². The van der Waals surface area contributed by atoms with Gasteiger partial charge in [0.1, 0.15) is 0 Å². The van der Waals surface area contributed by atoms with E-state index < -0.39 is 0 Å². The molecule has 0 aromatic heterocycles. The van der Waals surface area contributed by atoms with Gasteiger partial charge in [-0.2, -0.15) is 0 Å². The molecule has 0 aliphatic heterocycles. The SMILES string of the molecule is Clc1cccc(NNc2ccc(Cl)c(Cl)c2)c1. The number of rotatable bonds is 3. The number of benzene rings is 2. The second kappa shape index (κ2) is 5.50. The van der Waals surface area contributed by atoms with Crippen molar-refractivity contribution < 1.29 is 0 Å². The van der Waals surface area contributed by atoms with Crippen molar-refractivity contribution in [3.05, 3.63) is 57.5 Å². The molecule has 0 saturated heterocycles. The van der Waals surface area contributed by atoms with Gasteiger partial charge in [0.25, 0.3) is 0 Å². The molecule has 0 aliphatic carbocycles. The van der Waals surface area contributed by atoms with Crippen molar-refractivity contribution in [2.24, 2.45) is 0 Å². The lowest BCUT2D eigenvalue weighted by molar-refractivity contribution is 1.41. The van der Waals surface area contributed by atoms with E-state index in [0.717, 1.165) is 11.4 Å². The van der Waals surface area contributed by atoms with Gasteiger partial charge in [0.05, 0.1) is 21.4 Å². The fourth-order valence-electron chi connectivity index (χ4n) is 1.28. The third-order valence-corrected chi connectivity index (χ3v) is 3.07. The van der Waals surface area contributed by atoms with Crippen LogP contribution in [0.5, 0.6) is 0 Å². The maximum Gasteiger partial charge on any atom is 0.0613 e. The molecular formula is C12H9Cl3N2. The molecule has 2 N–H and O–H groups in total. The Balaban J connectivity index is 2.05. The van der Waals surface area contributed by atoms with Crippen molar-refractivity contribution in [3.63, 3.8) is 0 Å². The molecule has 17 heavy (non-hydrogen) atoms. The quantitative estimate of drug-likeness (QED) is 0.769. The Morgan fingerprint density at radius 2 is 1.41 bits per heavy atom. The first kappa shape index (κ1) is 12.4. The van der Waals surface area contributed by atoms with E-state index in [1.807, 2.05) is 30.3 Å². The Bertz CT molecular complexity index is 529. The van der Waals surface area contributed by atoms with E-state index in [2.05, 4.69) is 10.9 Å². The largest absolute Gasteiger partial charge is 0.301 e. The van der Waals surface area contributed by atoms with Crippen molar-refractivity contribution >= 4 is 46.2 Å². The third-order valence-electron chi connectivity index (χ3n) is 2.10. The summed E-state index contributed by atoms with van der Waals surface area (Å²) >= 11 is 17.6. The van der Waals surface area contributed by atoms with Gasteiger partial charge in [-0.05, 0) is 36.4 Å². The van der Waals surface area contributed by atoms with Crippen molar-refractivity contribution in [1.29, 1.82) is 0 Å². The normalized spacial score (nSPS) is 10.1. The minimum absolute atomic E-state index is 0.504. The van der Waals surface area contributed by atoms with Crippen LogP contribution >= 0.6 is 34.8 Å². The van der Waals surface area contributed by atoms with E-state index in [1.54, 1.807) is 12.1 Å². The van der Waals surface area contributed by atoms with Crippen LogP contribution in [0, 0.1) is 0 Å². The van der Waals surface area contributed by atoms with Gasteiger partial charge < -0.3 is 10.9 Å². The monoisotopic (exact) mass is 286 g/mol. The van der Waals surface area contributed by atoms with E-state index in [-0.39, 0.29) is 0 Å². The van der Waals surface area contributed by atoms with Gasteiger partial charge in [0, 0.05) is 5.02 Å². The number of nitrogens with one attached hydrogen (secondary N) is 2. The molecule has 88 valence electrons. The van der Waals surface area contributed by atoms with E-state index >= 15 is 0 Å². The maximum atomic E-state index is 5.90. The molecule has 0 atom stereocenters. The summed E-state index contributed by atoms with van der Waals surface area (Å²) in [7, 11) is 0. The van der Waals surface area contributed by atoms with Gasteiger partial charge in [-0.15, -0.1) is 0 Å². The van der Waals surface area contributed by atoms with Crippen molar-refractivity contribution in [2.45, 2.75) is 0 Å². The number of halogens is 3. The number of hydrogen-bond donors (Lipinski definition) is 2. The lowest BCUT2D eigenvalue weighted by Crippen LogP contribution is -2.08. The molecule has 0 bridgehead atoms. The molecule has 5 heteroatoms. The Labute approximate surface area is 114 Å². The van der Waals surface area contributed by atoms with Crippen LogP contribution in [0.2, 0.25) is 15.1 Å². The van der Waals surface area contributed by atoms with E-state index in [9.17, 15) is 0 Å². The topological polar surface area (TPSA) is 24.1 Å². The first-order chi connectivity index (χ1) is 8.15. The summed E-state index contributed by atoms with van der Waals surface area (Å²) in [5.41, 5.74) is 7.70. The van der Waals surface area contributed by atoms with Crippen LogP contribution in [-0.4, -0.2) is 0 Å². The van der Waals surface area contributed by atoms with E-state index in [1.165, 1.54) is 0 Å². The molecule has 0 unspecified atom stereocenters. The highest BCUT2D eigenvalue weighted by molar-refractivity contribution is 6.42. The Kier molecular flexibility index (Phi) is 4.00. The third kappa shape index (κ3) is 3.43. The molecule has 2 aromatic carbocycles. The highest BCUT2D eigenvalue weighted by Crippen LogP contribution is 2.25. The van der Waals surface area contributed by atoms with Gasteiger partial charge in [0.2, 0.25) is 0 Å². The first-order valence-electron chi connectivity index (χ1n) is 4.88. The zero-order valence-electron chi connectivity index (χ0n) is 8.68. The number of hydrazine groups is 1. The lowest BCUT2D eigenvalue weighted by Gasteiger charge is -2.10. The van der Waals surface area contributed by atoms with Gasteiger partial charge >= 0.3 is 0 Å². The van der Waals surface area contributed by atoms with Crippen LogP contribution in [0.3, 0.4) is 0 Å². The van der Waals surface area contributed by atoms with Crippen molar-refractivity contribution in [3.8, 4) is 0 Å². The van der Waals surface area contributed by atoms with Crippen LogP contribution in [0.15, 0.2) is 42.5 Å². The van der Waals surface area contributed by atoms with Crippen LogP contribution in [0.4, 0.5) is 11.4 Å². The minimum atomic E-state index is 0.504. The second-order valence-electron chi connectivity index (χ2n) is 3.39. The summed E-state index contributed by atoms with van der Waals surface area (Å²) in [4.78, 5) is 0. The summed E-state index contributed by atoms with van der Waals surface area (Å²) in [6.45, 7) is 0. The number of anilines is 2. The lowest BCUT2D eigenvalue weighted by atomic mass is 10.3. The smallest absolute Gasteiger partial charge is 0.0613 e. The zero-order chi connectivity index (χ0) is 12.3. The molecule has 0 saturated carbocycles. The fraction of sp³-hybridized carbons (Fsp3) is 0. The predicted octanol–water partition coefficient (Wildman–Crippen LogP) is 5.09. The van der Waals surface area contributed by atoms with E-state index in [4.69, 9.17) is 34.8 Å². The Morgan fingerprint density at radius 3 is 2.06 bits per heavy atom. The van der Waals surface area contributed by atoms with Crippen molar-refractivity contribution in [1.82, 2.24) is 0 Å². The first-order valence-corrected chi connectivity index (χ1v) is 6.01. The average molecular weight is 288 g/mol. The van der Waals surface area contributed by atoms with Gasteiger partial charge in [0.15, 0.2) is 0 Å². The summed E-state index contributed by atoms with van der Waals surface area (Å²) in [6, 6.07) is 12.7. The molecule has 0 amide bonds. The van der Waals surface area contributed by atoms with Gasteiger partial charge in [-0.3, -0.25) is 0 Å². The molecule has 0 heterocycles. The standard InChI is InChI=1S/C12H9Cl3N2/c13-8-2-1-3-9(6-8)16-17-10-4-5-11(14)12(15)7-10/h1-7,16-17H. The minimum Gasteiger partial charge on any atom is -0.301 e. The van der Waals surface area contributed by atoms with Crippen LogP contribution in [0.1, 0.15) is 0 Å². The van der Waals surface area contributed by atoms with Gasteiger partial charge in [-0.1, -0.05) is 40.9 Å². The Hall–Kier alpha value is -1.09. The van der Waals surface area contributed by atoms with Gasteiger partial charge in [-0.25, -0.2) is 0 Å². The molecule has 2 aromatic rings. The van der Waals surface area contributed by atoms with E-state index in [0.29, 0.717) is 15.1 Å². The summed E-state index contributed by atoms with van der Waals surface area (Å²) in [5.74, 6) is 0. The summed E-state index contributed by atoms with van der Waals surface area (Å²) in [6.07, 6.45) is 0. The second-order valence-corrected chi connectivity index (χ2v) is 4.64. The molecular weight excluding hydrogens is 279 g/mol. The van der Waals surface area contributed by atoms with Crippen molar-refractivity contribution in [2.75, 3.05) is 10.9 Å². The average Bonchev–Trinajstić information content (AvgIpc) is 2.31. The molecule has 2 rings (SSSR count). The zero-order valence-corrected chi connectivity index (χ0v) is 10.9. The summed E-state index contributed by atoms with van der Waals surface area (Å²) in [5, 5.41) is 1.70. The molecule has 0 radical (unpaired) electrons. The highest BCUT2D eigenvalue weighted by atomic mass is 35.5. The predicted molar refractivity (Wildman–Crippen MR) is 75.2 cm³/mol. The maximum absolute atomic E-state index is 5.90. The number of hydrogen-bond acceptors (Lipinski definition) is 2. The molecule has 0 fully saturated rings. The van der Waals surface area contributed by atoms with Crippen LogP contribution in [-0.2, 0) is 0 Å². The molecule has 0 aliphatic rings. The fourth-order valence-corrected chi connectivity index (χ4v) is 1.77. The highest BCUT2D eigenvalue weighted by Gasteiger charge is 1.99. The molecule has 0 spiro atoms. The Morgan fingerprint density at radius 1 is 0.706 bits per heavy atom. The summed E-state index contributed by atoms with van der Waals surface area (Å²) < 4.78 is 0. The van der Waals surface area contributed by atoms with Crippen LogP contribution < -0.4 is 10.9 Å². The molecule has 2 nitrogen and oxygen atoms in total.